The van der Waals surface area contributed by atoms with E-state index in [2.05, 4.69) is 16.0 Å². The lowest BCUT2D eigenvalue weighted by Crippen LogP contribution is -2.54. The molecule has 0 radical (unpaired) electrons. The van der Waals surface area contributed by atoms with Crippen molar-refractivity contribution in [1.29, 1.82) is 0 Å². The number of hydrogen-bond donors (Lipinski definition) is 4. The SMILES string of the molecule is CC(C)(C)NC(=O)[C@@H]1C[C@]1(NC(=O)CCc1ccc(F)cc1)C(=O)NCCN. The highest BCUT2D eigenvalue weighted by molar-refractivity contribution is 6.02. The average molecular weight is 392 g/mol. The lowest BCUT2D eigenvalue weighted by Gasteiger charge is -2.23. The van der Waals surface area contributed by atoms with E-state index in [0.29, 0.717) is 6.42 Å². The molecule has 1 fully saturated rings. The van der Waals surface area contributed by atoms with Gasteiger partial charge in [-0.05, 0) is 51.3 Å². The predicted molar refractivity (Wildman–Crippen MR) is 104 cm³/mol. The van der Waals surface area contributed by atoms with E-state index in [-0.39, 0.29) is 43.6 Å². The monoisotopic (exact) mass is 392 g/mol. The van der Waals surface area contributed by atoms with Crippen LogP contribution in [-0.4, -0.2) is 41.9 Å². The molecule has 1 aromatic carbocycles. The van der Waals surface area contributed by atoms with Gasteiger partial charge >= 0.3 is 0 Å². The van der Waals surface area contributed by atoms with Gasteiger partial charge in [0, 0.05) is 25.0 Å². The van der Waals surface area contributed by atoms with Crippen molar-refractivity contribution in [2.75, 3.05) is 13.1 Å². The summed E-state index contributed by atoms with van der Waals surface area (Å²) in [5.74, 6) is -1.97. The summed E-state index contributed by atoms with van der Waals surface area (Å²) >= 11 is 0. The molecule has 2 atom stereocenters. The van der Waals surface area contributed by atoms with Crippen LogP contribution in [0.3, 0.4) is 0 Å². The van der Waals surface area contributed by atoms with Gasteiger partial charge in [0.2, 0.25) is 17.7 Å². The molecule has 28 heavy (non-hydrogen) atoms. The fourth-order valence-electron chi connectivity index (χ4n) is 3.05. The summed E-state index contributed by atoms with van der Waals surface area (Å²) in [7, 11) is 0. The lowest BCUT2D eigenvalue weighted by atomic mass is 10.1. The van der Waals surface area contributed by atoms with Crippen molar-refractivity contribution in [3.63, 3.8) is 0 Å². The van der Waals surface area contributed by atoms with Crippen LogP contribution in [-0.2, 0) is 20.8 Å². The molecule has 1 aromatic rings. The Balaban J connectivity index is 2.02. The standard InChI is InChI=1S/C20H29FN4O3/c1-19(2,3)25-17(27)15-12-20(15,18(28)23-11-10-22)24-16(26)9-6-13-4-7-14(21)8-5-13/h4-5,7-8,15H,6,9-12,22H2,1-3H3,(H,23,28)(H,24,26)(H,25,27)/t15-,20+/m0/s1. The van der Waals surface area contributed by atoms with Crippen molar-refractivity contribution >= 4 is 17.7 Å². The van der Waals surface area contributed by atoms with E-state index in [9.17, 15) is 18.8 Å². The first-order valence-corrected chi connectivity index (χ1v) is 9.43. The van der Waals surface area contributed by atoms with Crippen LogP contribution in [0.5, 0.6) is 0 Å². The minimum atomic E-state index is -1.25. The highest BCUT2D eigenvalue weighted by Gasteiger charge is 2.64. The molecule has 8 heteroatoms. The highest BCUT2D eigenvalue weighted by atomic mass is 19.1. The zero-order valence-corrected chi connectivity index (χ0v) is 16.6. The predicted octanol–water partition coefficient (Wildman–Crippen LogP) is 0.623. The average Bonchev–Trinajstić information content (AvgIpc) is 3.33. The molecule has 0 heterocycles. The molecule has 0 bridgehead atoms. The second-order valence-corrected chi connectivity index (χ2v) is 8.19. The number of carbonyl (C=O) groups excluding carboxylic acids is 3. The summed E-state index contributed by atoms with van der Waals surface area (Å²) in [6.07, 6.45) is 0.782. The first-order valence-electron chi connectivity index (χ1n) is 9.43. The van der Waals surface area contributed by atoms with Crippen LogP contribution in [0.4, 0.5) is 4.39 Å². The Hall–Kier alpha value is -2.48. The third-order valence-electron chi connectivity index (χ3n) is 4.53. The van der Waals surface area contributed by atoms with Crippen molar-refractivity contribution in [3.05, 3.63) is 35.6 Å². The van der Waals surface area contributed by atoms with Crippen LogP contribution in [0.2, 0.25) is 0 Å². The number of nitrogens with two attached hydrogens (primary N) is 1. The maximum atomic E-state index is 13.0. The van der Waals surface area contributed by atoms with Gasteiger partial charge in [-0.3, -0.25) is 14.4 Å². The van der Waals surface area contributed by atoms with Gasteiger partial charge in [-0.2, -0.15) is 0 Å². The summed E-state index contributed by atoms with van der Waals surface area (Å²) in [6.45, 7) is 6.08. The number of benzene rings is 1. The van der Waals surface area contributed by atoms with Crippen molar-refractivity contribution in [3.8, 4) is 0 Å². The Kier molecular flexibility index (Phi) is 6.77. The van der Waals surface area contributed by atoms with Gasteiger partial charge in [-0.1, -0.05) is 12.1 Å². The van der Waals surface area contributed by atoms with Crippen molar-refractivity contribution in [1.82, 2.24) is 16.0 Å². The van der Waals surface area contributed by atoms with Gasteiger partial charge in [0.1, 0.15) is 11.4 Å². The first-order chi connectivity index (χ1) is 13.1. The summed E-state index contributed by atoms with van der Waals surface area (Å²) in [6, 6.07) is 5.90. The summed E-state index contributed by atoms with van der Waals surface area (Å²) in [5.41, 5.74) is 4.57. The van der Waals surface area contributed by atoms with E-state index >= 15 is 0 Å². The first kappa shape index (κ1) is 21.8. The third-order valence-corrected chi connectivity index (χ3v) is 4.53. The van der Waals surface area contributed by atoms with Crippen LogP contribution in [0.15, 0.2) is 24.3 Å². The van der Waals surface area contributed by atoms with E-state index in [4.69, 9.17) is 5.73 Å². The van der Waals surface area contributed by atoms with E-state index in [1.165, 1.54) is 12.1 Å². The zero-order valence-electron chi connectivity index (χ0n) is 16.6. The number of rotatable bonds is 8. The normalized spacial score (nSPS) is 21.0. The topological polar surface area (TPSA) is 113 Å². The Bertz CT molecular complexity index is 730. The fraction of sp³-hybridized carbons (Fsp3) is 0.550. The number of halogens is 1. The molecule has 7 nitrogen and oxygen atoms in total. The van der Waals surface area contributed by atoms with Gasteiger partial charge in [0.25, 0.3) is 0 Å². The van der Waals surface area contributed by atoms with E-state index in [1.807, 2.05) is 20.8 Å². The number of amides is 3. The molecule has 0 aliphatic heterocycles. The Morgan fingerprint density at radius 1 is 1.21 bits per heavy atom. The Morgan fingerprint density at radius 3 is 2.43 bits per heavy atom. The van der Waals surface area contributed by atoms with Gasteiger partial charge in [0.15, 0.2) is 0 Å². The van der Waals surface area contributed by atoms with E-state index < -0.39 is 22.9 Å². The minimum Gasteiger partial charge on any atom is -0.353 e. The molecule has 1 aliphatic carbocycles. The van der Waals surface area contributed by atoms with E-state index in [0.717, 1.165) is 5.56 Å². The minimum absolute atomic E-state index is 0.130. The zero-order chi connectivity index (χ0) is 20.9. The van der Waals surface area contributed by atoms with E-state index in [1.54, 1.807) is 12.1 Å². The molecule has 0 aromatic heterocycles. The molecule has 2 rings (SSSR count). The molecule has 0 spiro atoms. The maximum Gasteiger partial charge on any atom is 0.246 e. The molecule has 0 saturated heterocycles. The number of aryl methyl sites for hydroxylation is 1. The van der Waals surface area contributed by atoms with Crippen molar-refractivity contribution < 1.29 is 18.8 Å². The van der Waals surface area contributed by atoms with Crippen LogP contribution in [0.25, 0.3) is 0 Å². The van der Waals surface area contributed by atoms with Crippen LogP contribution in [0.1, 0.15) is 39.2 Å². The molecular formula is C20H29FN4O3. The number of carbonyl (C=O) groups is 3. The summed E-state index contributed by atoms with van der Waals surface area (Å²) < 4.78 is 13.0. The maximum absolute atomic E-state index is 13.0. The highest BCUT2D eigenvalue weighted by Crippen LogP contribution is 2.44. The second-order valence-electron chi connectivity index (χ2n) is 8.19. The van der Waals surface area contributed by atoms with Crippen molar-refractivity contribution in [2.24, 2.45) is 11.7 Å². The molecule has 1 aliphatic rings. The largest absolute Gasteiger partial charge is 0.353 e. The van der Waals surface area contributed by atoms with Gasteiger partial charge in [-0.15, -0.1) is 0 Å². The molecule has 154 valence electrons. The summed E-state index contributed by atoms with van der Waals surface area (Å²) in [5, 5.41) is 8.27. The number of nitrogens with one attached hydrogen (secondary N) is 3. The molecular weight excluding hydrogens is 363 g/mol. The van der Waals surface area contributed by atoms with Crippen LogP contribution < -0.4 is 21.7 Å². The summed E-state index contributed by atoms with van der Waals surface area (Å²) in [4.78, 5) is 37.6. The van der Waals surface area contributed by atoms with Gasteiger partial charge in [0.05, 0.1) is 5.92 Å². The Morgan fingerprint density at radius 2 is 1.86 bits per heavy atom. The van der Waals surface area contributed by atoms with Crippen LogP contribution >= 0.6 is 0 Å². The second kappa shape index (κ2) is 8.68. The molecule has 1 saturated carbocycles. The number of hydrogen-bond acceptors (Lipinski definition) is 4. The molecule has 3 amide bonds. The molecule has 5 N–H and O–H groups in total. The molecule has 0 unspecified atom stereocenters. The van der Waals surface area contributed by atoms with Crippen molar-refractivity contribution in [2.45, 2.75) is 51.1 Å². The smallest absolute Gasteiger partial charge is 0.246 e. The quantitative estimate of drug-likeness (QED) is 0.519. The third kappa shape index (κ3) is 5.76. The Labute approximate surface area is 164 Å². The van der Waals surface area contributed by atoms with Crippen LogP contribution in [0, 0.1) is 11.7 Å². The van der Waals surface area contributed by atoms with Gasteiger partial charge < -0.3 is 21.7 Å². The fourth-order valence-corrected chi connectivity index (χ4v) is 3.05. The van der Waals surface area contributed by atoms with Gasteiger partial charge in [-0.25, -0.2) is 4.39 Å². The lowest BCUT2D eigenvalue weighted by molar-refractivity contribution is -0.132.